The second kappa shape index (κ2) is 7.52. The normalized spacial score (nSPS) is 14.5. The van der Waals surface area contributed by atoms with Crippen LogP contribution in [-0.4, -0.2) is 37.6 Å². The number of fused-ring (bicyclic) bond motifs is 1. The molecule has 0 spiro atoms. The summed E-state index contributed by atoms with van der Waals surface area (Å²) in [5.74, 6) is -0.159. The number of hydrogen-bond acceptors (Lipinski definition) is 5. The molecule has 3 aromatic rings. The highest BCUT2D eigenvalue weighted by atomic mass is 32.2. The van der Waals surface area contributed by atoms with Crippen LogP contribution in [0.5, 0.6) is 5.75 Å². The number of carbonyl (C=O) groups excluding carboxylic acids is 2. The molecule has 1 amide bonds. The molecule has 29 heavy (non-hydrogen) atoms. The van der Waals surface area contributed by atoms with Crippen molar-refractivity contribution in [3.63, 3.8) is 0 Å². The average molecular weight is 407 g/mol. The predicted molar refractivity (Wildman–Crippen MR) is 106 cm³/mol. The van der Waals surface area contributed by atoms with Gasteiger partial charge in [-0.1, -0.05) is 42.5 Å². The van der Waals surface area contributed by atoms with Crippen LogP contribution in [0.4, 0.5) is 0 Å². The first-order chi connectivity index (χ1) is 14.0. The third-order valence-electron chi connectivity index (χ3n) is 4.63. The molecule has 0 aromatic heterocycles. The van der Waals surface area contributed by atoms with Crippen molar-refractivity contribution in [2.24, 2.45) is 0 Å². The molecule has 0 fully saturated rings. The minimum absolute atomic E-state index is 0.00490. The van der Waals surface area contributed by atoms with E-state index < -0.39 is 15.9 Å². The van der Waals surface area contributed by atoms with E-state index in [4.69, 9.17) is 4.74 Å². The summed E-state index contributed by atoms with van der Waals surface area (Å²) in [6.45, 7) is -0.0918. The molecular formula is C22H17NO5S. The molecule has 146 valence electrons. The Morgan fingerprint density at radius 1 is 0.828 bits per heavy atom. The van der Waals surface area contributed by atoms with Gasteiger partial charge in [-0.15, -0.1) is 0 Å². The van der Waals surface area contributed by atoms with Gasteiger partial charge in [-0.2, -0.15) is 0 Å². The fraction of sp³-hybridized carbons (Fsp3) is 0.0909. The molecule has 0 unspecified atom stereocenters. The topological polar surface area (TPSA) is 80.8 Å². The summed E-state index contributed by atoms with van der Waals surface area (Å²) in [7, 11) is -3.84. The lowest BCUT2D eigenvalue weighted by molar-refractivity contribution is 0.0856. The molecule has 0 N–H and O–H groups in total. The molecule has 1 heterocycles. The summed E-state index contributed by atoms with van der Waals surface area (Å²) in [4.78, 5) is 24.8. The Morgan fingerprint density at radius 3 is 2.14 bits per heavy atom. The number of nitrogens with zero attached hydrogens (tertiary/aromatic N) is 1. The van der Waals surface area contributed by atoms with Crippen LogP contribution in [0.25, 0.3) is 0 Å². The Kier molecular flexibility index (Phi) is 4.90. The first-order valence-corrected chi connectivity index (χ1v) is 10.4. The van der Waals surface area contributed by atoms with Gasteiger partial charge in [0.2, 0.25) is 0 Å². The Balaban J connectivity index is 1.39. The maximum atomic E-state index is 12.5. The summed E-state index contributed by atoms with van der Waals surface area (Å²) in [6.07, 6.45) is 0. The fourth-order valence-corrected chi connectivity index (χ4v) is 4.71. The predicted octanol–water partition coefficient (Wildman–Crippen LogP) is 3.14. The van der Waals surface area contributed by atoms with Crippen LogP contribution in [0.1, 0.15) is 26.3 Å². The van der Waals surface area contributed by atoms with Crippen LogP contribution in [0, 0.1) is 0 Å². The zero-order valence-corrected chi connectivity index (χ0v) is 16.1. The zero-order valence-electron chi connectivity index (χ0n) is 15.3. The first-order valence-electron chi connectivity index (χ1n) is 8.97. The van der Waals surface area contributed by atoms with Gasteiger partial charge in [-0.25, -0.2) is 12.7 Å². The van der Waals surface area contributed by atoms with Gasteiger partial charge in [0.15, 0.2) is 5.78 Å². The minimum Gasteiger partial charge on any atom is -0.492 e. The lowest BCUT2D eigenvalue weighted by atomic mass is 10.0. The second-order valence-electron chi connectivity index (χ2n) is 6.45. The molecule has 0 aliphatic carbocycles. The number of carbonyl (C=O) groups is 2. The minimum atomic E-state index is -3.84. The van der Waals surface area contributed by atoms with Gasteiger partial charge >= 0.3 is 0 Å². The van der Waals surface area contributed by atoms with Crippen molar-refractivity contribution in [2.75, 3.05) is 13.2 Å². The van der Waals surface area contributed by atoms with E-state index in [1.807, 2.05) is 6.07 Å². The standard InChI is InChI=1S/C22H17NO5S/c24-21(16-6-2-1-3-7-16)17-10-12-18(13-11-17)28-15-14-23-22(25)19-8-4-5-9-20(19)29(23,26)27/h1-13H,14-15H2. The van der Waals surface area contributed by atoms with Crippen LogP contribution >= 0.6 is 0 Å². The zero-order chi connectivity index (χ0) is 20.4. The van der Waals surface area contributed by atoms with Crippen LogP contribution in [0.15, 0.2) is 83.8 Å². The molecule has 0 atom stereocenters. The van der Waals surface area contributed by atoms with E-state index >= 15 is 0 Å². The summed E-state index contributed by atoms with van der Waals surface area (Å²) < 4.78 is 31.4. The lowest BCUT2D eigenvalue weighted by Gasteiger charge is -2.15. The van der Waals surface area contributed by atoms with Crippen molar-refractivity contribution in [1.82, 2.24) is 4.31 Å². The molecule has 0 bridgehead atoms. The summed E-state index contributed by atoms with van der Waals surface area (Å²) in [6, 6.07) is 21.7. The molecule has 0 saturated carbocycles. The number of hydrogen-bond donors (Lipinski definition) is 0. The van der Waals surface area contributed by atoms with E-state index in [9.17, 15) is 18.0 Å². The largest absolute Gasteiger partial charge is 0.492 e. The molecular weight excluding hydrogens is 390 g/mol. The van der Waals surface area contributed by atoms with Crippen molar-refractivity contribution >= 4 is 21.7 Å². The van der Waals surface area contributed by atoms with Gasteiger partial charge in [0.05, 0.1) is 12.1 Å². The van der Waals surface area contributed by atoms with Crippen LogP contribution in [0.2, 0.25) is 0 Å². The molecule has 1 aliphatic heterocycles. The smallest absolute Gasteiger partial charge is 0.269 e. The number of amides is 1. The number of rotatable bonds is 6. The number of sulfonamides is 1. The highest BCUT2D eigenvalue weighted by molar-refractivity contribution is 7.90. The van der Waals surface area contributed by atoms with E-state index in [-0.39, 0.29) is 29.4 Å². The maximum Gasteiger partial charge on any atom is 0.269 e. The van der Waals surface area contributed by atoms with Crippen LogP contribution in [0.3, 0.4) is 0 Å². The van der Waals surface area contributed by atoms with E-state index in [2.05, 4.69) is 0 Å². The fourth-order valence-electron chi connectivity index (χ4n) is 3.16. The molecule has 7 heteroatoms. The summed E-state index contributed by atoms with van der Waals surface area (Å²) in [5, 5.41) is 0. The van der Waals surface area contributed by atoms with Crippen molar-refractivity contribution in [3.8, 4) is 5.75 Å². The van der Waals surface area contributed by atoms with Crippen LogP contribution in [-0.2, 0) is 10.0 Å². The van der Waals surface area contributed by atoms with E-state index in [1.165, 1.54) is 12.1 Å². The first kappa shape index (κ1) is 18.9. The average Bonchev–Trinajstić information content (AvgIpc) is 2.95. The summed E-state index contributed by atoms with van der Waals surface area (Å²) in [5.41, 5.74) is 1.30. The van der Waals surface area contributed by atoms with Crippen molar-refractivity contribution < 1.29 is 22.7 Å². The molecule has 0 saturated heterocycles. The SMILES string of the molecule is O=C(c1ccccc1)c1ccc(OCCN2C(=O)c3ccccc3S2(=O)=O)cc1. The van der Waals surface area contributed by atoms with Gasteiger partial charge in [-0.05, 0) is 36.4 Å². The summed E-state index contributed by atoms with van der Waals surface area (Å²) >= 11 is 0. The van der Waals surface area contributed by atoms with Crippen LogP contribution < -0.4 is 4.74 Å². The highest BCUT2D eigenvalue weighted by Crippen LogP contribution is 2.29. The van der Waals surface area contributed by atoms with Crippen molar-refractivity contribution in [2.45, 2.75) is 4.90 Å². The van der Waals surface area contributed by atoms with Crippen molar-refractivity contribution in [3.05, 3.63) is 95.6 Å². The lowest BCUT2D eigenvalue weighted by Crippen LogP contribution is -2.33. The van der Waals surface area contributed by atoms with Gasteiger partial charge in [-0.3, -0.25) is 9.59 Å². The Hall–Kier alpha value is -3.45. The van der Waals surface area contributed by atoms with E-state index in [0.29, 0.717) is 16.9 Å². The molecule has 6 nitrogen and oxygen atoms in total. The Bertz CT molecular complexity index is 1170. The monoisotopic (exact) mass is 407 g/mol. The second-order valence-corrected chi connectivity index (χ2v) is 8.28. The third kappa shape index (κ3) is 3.52. The number of benzene rings is 3. The maximum absolute atomic E-state index is 12.5. The van der Waals surface area contributed by atoms with Crippen molar-refractivity contribution in [1.29, 1.82) is 0 Å². The molecule has 0 radical (unpaired) electrons. The number of ketones is 1. The van der Waals surface area contributed by atoms with E-state index in [0.717, 1.165) is 4.31 Å². The van der Waals surface area contributed by atoms with Gasteiger partial charge in [0.25, 0.3) is 15.9 Å². The van der Waals surface area contributed by atoms with Gasteiger partial charge in [0.1, 0.15) is 17.3 Å². The highest BCUT2D eigenvalue weighted by Gasteiger charge is 2.40. The Morgan fingerprint density at radius 2 is 1.45 bits per heavy atom. The number of ether oxygens (including phenoxy) is 1. The third-order valence-corrected chi connectivity index (χ3v) is 6.47. The Labute approximate surface area is 168 Å². The molecule has 3 aromatic carbocycles. The van der Waals surface area contributed by atoms with Gasteiger partial charge in [0, 0.05) is 11.1 Å². The molecule has 4 rings (SSSR count). The molecule has 1 aliphatic rings. The van der Waals surface area contributed by atoms with E-state index in [1.54, 1.807) is 60.7 Å². The quantitative estimate of drug-likeness (QED) is 0.587. The van der Waals surface area contributed by atoms with Gasteiger partial charge < -0.3 is 4.74 Å².